The van der Waals surface area contributed by atoms with E-state index in [4.69, 9.17) is 5.11 Å². The summed E-state index contributed by atoms with van der Waals surface area (Å²) in [5.74, 6) is -0.0987. The van der Waals surface area contributed by atoms with Gasteiger partial charge in [0.05, 0.1) is 17.5 Å². The highest BCUT2D eigenvalue weighted by Gasteiger charge is 2.19. The van der Waals surface area contributed by atoms with Crippen LogP contribution in [0, 0.1) is 12.8 Å². The third kappa shape index (κ3) is 4.31. The monoisotopic (exact) mass is 317 g/mol. The summed E-state index contributed by atoms with van der Waals surface area (Å²) in [4.78, 5) is 27.5. The maximum atomic E-state index is 12.1. The van der Waals surface area contributed by atoms with Gasteiger partial charge < -0.3 is 15.0 Å². The molecule has 124 valence electrons. The second kappa shape index (κ2) is 7.26. The molecule has 0 saturated carbocycles. The average molecular weight is 317 g/mol. The Hall–Kier alpha value is -2.37. The average Bonchev–Trinajstić information content (AvgIpc) is 2.79. The maximum absolute atomic E-state index is 12.1. The Kier molecular flexibility index (Phi) is 5.36. The molecule has 1 atom stereocenters. The summed E-state index contributed by atoms with van der Waals surface area (Å²) in [6.45, 7) is 6.25. The lowest BCUT2D eigenvalue weighted by atomic mass is 10.0. The Morgan fingerprint density at radius 3 is 2.65 bits per heavy atom. The zero-order valence-electron chi connectivity index (χ0n) is 13.7. The normalized spacial score (nSPS) is 12.5. The van der Waals surface area contributed by atoms with Crippen molar-refractivity contribution in [3.8, 4) is 0 Å². The van der Waals surface area contributed by atoms with Crippen molar-refractivity contribution in [3.63, 3.8) is 0 Å². The molecule has 0 bridgehead atoms. The lowest BCUT2D eigenvalue weighted by Crippen LogP contribution is -2.40. The van der Waals surface area contributed by atoms with E-state index in [0.717, 1.165) is 16.9 Å². The SMILES string of the molecule is Cc1nc2ccccc2n1CCC(=O)N[C@@H](CC(=O)O)C(C)C. The van der Waals surface area contributed by atoms with Gasteiger partial charge in [-0.25, -0.2) is 4.98 Å². The van der Waals surface area contributed by atoms with Crippen LogP contribution in [0.15, 0.2) is 24.3 Å². The molecule has 0 unspecified atom stereocenters. The fourth-order valence-electron chi connectivity index (χ4n) is 2.61. The van der Waals surface area contributed by atoms with E-state index in [1.165, 1.54) is 0 Å². The van der Waals surface area contributed by atoms with Gasteiger partial charge in [0, 0.05) is 19.0 Å². The van der Waals surface area contributed by atoms with Gasteiger partial charge in [0.25, 0.3) is 0 Å². The second-order valence-electron chi connectivity index (χ2n) is 6.07. The van der Waals surface area contributed by atoms with Crippen molar-refractivity contribution in [3.05, 3.63) is 30.1 Å². The minimum Gasteiger partial charge on any atom is -0.481 e. The number of hydrogen-bond donors (Lipinski definition) is 2. The number of aromatic nitrogens is 2. The Labute approximate surface area is 135 Å². The van der Waals surface area contributed by atoms with E-state index in [1.54, 1.807) is 0 Å². The summed E-state index contributed by atoms with van der Waals surface area (Å²) in [5.41, 5.74) is 1.92. The van der Waals surface area contributed by atoms with E-state index in [0.29, 0.717) is 13.0 Å². The molecular formula is C17H23N3O3. The predicted octanol–water partition coefficient (Wildman–Crippen LogP) is 2.35. The Bertz CT molecular complexity index is 706. The first kappa shape index (κ1) is 17.0. The van der Waals surface area contributed by atoms with Crippen LogP contribution in [0.1, 0.15) is 32.5 Å². The topological polar surface area (TPSA) is 84.2 Å². The molecule has 23 heavy (non-hydrogen) atoms. The Balaban J connectivity index is 2.00. The molecule has 6 nitrogen and oxygen atoms in total. The van der Waals surface area contributed by atoms with E-state index < -0.39 is 5.97 Å². The van der Waals surface area contributed by atoms with E-state index in [2.05, 4.69) is 10.3 Å². The summed E-state index contributed by atoms with van der Waals surface area (Å²) >= 11 is 0. The Morgan fingerprint density at radius 1 is 1.30 bits per heavy atom. The molecule has 6 heteroatoms. The van der Waals surface area contributed by atoms with Crippen molar-refractivity contribution < 1.29 is 14.7 Å². The van der Waals surface area contributed by atoms with E-state index >= 15 is 0 Å². The number of para-hydroxylation sites is 2. The third-order valence-electron chi connectivity index (χ3n) is 3.95. The molecule has 1 aromatic carbocycles. The maximum Gasteiger partial charge on any atom is 0.305 e. The summed E-state index contributed by atoms with van der Waals surface area (Å²) in [6.07, 6.45) is 0.237. The number of nitrogens with one attached hydrogen (secondary N) is 1. The number of carboxylic acid groups (broad SMARTS) is 1. The van der Waals surface area contributed by atoms with Crippen LogP contribution in [0.4, 0.5) is 0 Å². The van der Waals surface area contributed by atoms with Gasteiger partial charge in [0.15, 0.2) is 0 Å². The number of aliphatic carboxylic acids is 1. The lowest BCUT2D eigenvalue weighted by Gasteiger charge is -2.20. The van der Waals surface area contributed by atoms with Crippen molar-refractivity contribution in [2.45, 2.75) is 46.2 Å². The highest BCUT2D eigenvalue weighted by molar-refractivity contribution is 5.78. The zero-order valence-corrected chi connectivity index (χ0v) is 13.7. The number of benzene rings is 1. The van der Waals surface area contributed by atoms with Gasteiger partial charge in [-0.05, 0) is 25.0 Å². The van der Waals surface area contributed by atoms with E-state index in [-0.39, 0.29) is 24.3 Å². The number of amides is 1. The standard InChI is InChI=1S/C17H23N3O3/c1-11(2)14(10-17(22)23)19-16(21)8-9-20-12(3)18-13-6-4-5-7-15(13)20/h4-7,11,14H,8-10H2,1-3H3,(H,19,21)(H,22,23)/t14-/m0/s1. The first-order valence-electron chi connectivity index (χ1n) is 7.81. The predicted molar refractivity (Wildman–Crippen MR) is 88.1 cm³/mol. The molecule has 2 aromatic rings. The first-order chi connectivity index (χ1) is 10.9. The number of hydrogen-bond acceptors (Lipinski definition) is 3. The number of aryl methyl sites for hydroxylation is 2. The number of carbonyl (C=O) groups is 2. The molecule has 1 amide bonds. The number of carbonyl (C=O) groups excluding carboxylic acids is 1. The minimum atomic E-state index is -0.902. The molecule has 2 rings (SSSR count). The molecule has 0 fully saturated rings. The van der Waals surface area contributed by atoms with Crippen molar-refractivity contribution in [1.82, 2.24) is 14.9 Å². The van der Waals surface area contributed by atoms with Crippen LogP contribution in [0.25, 0.3) is 11.0 Å². The number of rotatable bonds is 7. The highest BCUT2D eigenvalue weighted by Crippen LogP contribution is 2.16. The van der Waals surface area contributed by atoms with Gasteiger partial charge in [0.1, 0.15) is 5.82 Å². The minimum absolute atomic E-state index is 0.0591. The van der Waals surface area contributed by atoms with Gasteiger partial charge in [-0.3, -0.25) is 9.59 Å². The first-order valence-corrected chi connectivity index (χ1v) is 7.81. The molecule has 0 spiro atoms. The van der Waals surface area contributed by atoms with Gasteiger partial charge in [-0.15, -0.1) is 0 Å². The van der Waals surface area contributed by atoms with Gasteiger partial charge in [0.2, 0.25) is 5.91 Å². The molecule has 1 heterocycles. The van der Waals surface area contributed by atoms with Crippen molar-refractivity contribution >= 4 is 22.9 Å². The molecule has 0 radical (unpaired) electrons. The van der Waals surface area contributed by atoms with Crippen molar-refractivity contribution in [2.24, 2.45) is 5.92 Å². The number of nitrogens with zero attached hydrogens (tertiary/aromatic N) is 2. The zero-order chi connectivity index (χ0) is 17.0. The molecule has 0 aliphatic carbocycles. The molecule has 2 N–H and O–H groups in total. The highest BCUT2D eigenvalue weighted by atomic mass is 16.4. The largest absolute Gasteiger partial charge is 0.481 e. The summed E-state index contributed by atoms with van der Waals surface area (Å²) in [5, 5.41) is 11.7. The molecule has 0 saturated heterocycles. The number of fused-ring (bicyclic) bond motifs is 1. The van der Waals surface area contributed by atoms with Gasteiger partial charge in [-0.1, -0.05) is 26.0 Å². The molecule has 0 aliphatic heterocycles. The van der Waals surface area contributed by atoms with Gasteiger partial charge >= 0.3 is 5.97 Å². The number of carboxylic acids is 1. The number of imidazole rings is 1. The van der Waals surface area contributed by atoms with Crippen LogP contribution in [-0.4, -0.2) is 32.6 Å². The summed E-state index contributed by atoms with van der Waals surface area (Å²) in [6, 6.07) is 7.46. The summed E-state index contributed by atoms with van der Waals surface area (Å²) < 4.78 is 2.01. The van der Waals surface area contributed by atoms with Crippen molar-refractivity contribution in [1.29, 1.82) is 0 Å². The lowest BCUT2D eigenvalue weighted by molar-refractivity contribution is -0.138. The van der Waals surface area contributed by atoms with Gasteiger partial charge in [-0.2, -0.15) is 0 Å². The second-order valence-corrected chi connectivity index (χ2v) is 6.07. The van der Waals surface area contributed by atoms with Crippen LogP contribution in [0.5, 0.6) is 0 Å². The summed E-state index contributed by atoms with van der Waals surface area (Å²) in [7, 11) is 0. The van der Waals surface area contributed by atoms with E-state index in [1.807, 2.05) is 49.6 Å². The van der Waals surface area contributed by atoms with Crippen LogP contribution >= 0.6 is 0 Å². The van der Waals surface area contributed by atoms with Crippen LogP contribution in [0.2, 0.25) is 0 Å². The quantitative estimate of drug-likeness (QED) is 0.821. The smallest absolute Gasteiger partial charge is 0.305 e. The van der Waals surface area contributed by atoms with Crippen LogP contribution in [0.3, 0.4) is 0 Å². The van der Waals surface area contributed by atoms with Crippen LogP contribution in [-0.2, 0) is 16.1 Å². The fraction of sp³-hybridized carbons (Fsp3) is 0.471. The molecule has 1 aromatic heterocycles. The van der Waals surface area contributed by atoms with E-state index in [9.17, 15) is 9.59 Å². The third-order valence-corrected chi connectivity index (χ3v) is 3.95. The van der Waals surface area contributed by atoms with Crippen LogP contribution < -0.4 is 5.32 Å². The molecule has 0 aliphatic rings. The molecular weight excluding hydrogens is 294 g/mol. The van der Waals surface area contributed by atoms with Crippen molar-refractivity contribution in [2.75, 3.05) is 0 Å². The fourth-order valence-corrected chi connectivity index (χ4v) is 2.61. The Morgan fingerprint density at radius 2 is 2.00 bits per heavy atom.